The first-order valence-corrected chi connectivity index (χ1v) is 5.92. The van der Waals surface area contributed by atoms with E-state index in [1.165, 1.54) is 12.8 Å². The molecule has 0 aliphatic carbocycles. The Bertz CT molecular complexity index is 149. The minimum absolute atomic E-state index is 0.0564. The number of nitrogens with zero attached hydrogens (tertiary/aromatic N) is 1. The molecule has 3 N–H and O–H groups in total. The third kappa shape index (κ3) is 3.56. The van der Waals surface area contributed by atoms with Crippen LogP contribution in [-0.4, -0.2) is 43.2 Å². The maximum atomic E-state index is 6.33. The zero-order valence-electron chi connectivity index (χ0n) is 9.68. The lowest BCUT2D eigenvalue weighted by atomic mass is 9.88. The molecular formula is C11H25N3. The Morgan fingerprint density at radius 2 is 2.07 bits per heavy atom. The van der Waals surface area contributed by atoms with Gasteiger partial charge in [-0.1, -0.05) is 13.8 Å². The van der Waals surface area contributed by atoms with Crippen LogP contribution in [0.2, 0.25) is 0 Å². The maximum Gasteiger partial charge on any atom is 0.0293 e. The third-order valence-corrected chi connectivity index (χ3v) is 3.33. The Hall–Kier alpha value is -0.120. The second kappa shape index (κ2) is 5.69. The van der Waals surface area contributed by atoms with Gasteiger partial charge in [0.15, 0.2) is 0 Å². The fourth-order valence-corrected chi connectivity index (χ4v) is 2.13. The van der Waals surface area contributed by atoms with Gasteiger partial charge in [-0.2, -0.15) is 0 Å². The van der Waals surface area contributed by atoms with E-state index < -0.39 is 0 Å². The van der Waals surface area contributed by atoms with Gasteiger partial charge in [0.25, 0.3) is 0 Å². The topological polar surface area (TPSA) is 41.3 Å². The minimum Gasteiger partial charge on any atom is -0.324 e. The number of nitrogens with one attached hydrogen (secondary N) is 1. The van der Waals surface area contributed by atoms with Gasteiger partial charge in [0.1, 0.15) is 0 Å². The average Bonchev–Trinajstić information content (AvgIpc) is 2.20. The Morgan fingerprint density at radius 1 is 1.36 bits per heavy atom. The average molecular weight is 199 g/mol. The van der Waals surface area contributed by atoms with Crippen molar-refractivity contribution in [3.63, 3.8) is 0 Å². The number of piperidine rings is 1. The van der Waals surface area contributed by atoms with Crippen molar-refractivity contribution in [3.8, 4) is 0 Å². The minimum atomic E-state index is 0.0564. The first-order chi connectivity index (χ1) is 6.70. The smallest absolute Gasteiger partial charge is 0.0293 e. The van der Waals surface area contributed by atoms with Crippen LogP contribution >= 0.6 is 0 Å². The lowest BCUT2D eigenvalue weighted by Crippen LogP contribution is -2.54. The van der Waals surface area contributed by atoms with E-state index in [1.807, 2.05) is 0 Å². The molecule has 1 atom stereocenters. The third-order valence-electron chi connectivity index (χ3n) is 3.33. The molecule has 0 amide bonds. The van der Waals surface area contributed by atoms with Crippen LogP contribution in [0.25, 0.3) is 0 Å². The number of nitrogens with two attached hydrogens (primary N) is 1. The van der Waals surface area contributed by atoms with Gasteiger partial charge in [0.2, 0.25) is 0 Å². The lowest BCUT2D eigenvalue weighted by molar-refractivity contribution is 0.229. The molecule has 0 bridgehead atoms. The van der Waals surface area contributed by atoms with E-state index >= 15 is 0 Å². The van der Waals surface area contributed by atoms with E-state index in [1.54, 1.807) is 0 Å². The van der Waals surface area contributed by atoms with Crippen LogP contribution in [0, 0.1) is 0 Å². The fourth-order valence-electron chi connectivity index (χ4n) is 2.13. The highest BCUT2D eigenvalue weighted by atomic mass is 15.1. The van der Waals surface area contributed by atoms with E-state index in [4.69, 9.17) is 5.73 Å². The SMILES string of the molecule is CCN(CC)CCC1(N)CCCNC1. The van der Waals surface area contributed by atoms with Gasteiger partial charge in [-0.15, -0.1) is 0 Å². The molecule has 0 radical (unpaired) electrons. The molecule has 0 aromatic carbocycles. The molecule has 84 valence electrons. The molecule has 3 nitrogen and oxygen atoms in total. The maximum absolute atomic E-state index is 6.33. The van der Waals surface area contributed by atoms with E-state index in [-0.39, 0.29) is 5.54 Å². The number of rotatable bonds is 5. The molecule has 0 aromatic rings. The highest BCUT2D eigenvalue weighted by molar-refractivity contribution is 4.90. The summed E-state index contributed by atoms with van der Waals surface area (Å²) in [4.78, 5) is 2.45. The molecule has 1 rings (SSSR count). The molecule has 1 saturated heterocycles. The normalized spacial score (nSPS) is 28.3. The van der Waals surface area contributed by atoms with Crippen molar-refractivity contribution in [2.75, 3.05) is 32.7 Å². The van der Waals surface area contributed by atoms with Crippen molar-refractivity contribution >= 4 is 0 Å². The van der Waals surface area contributed by atoms with Crippen LogP contribution in [0.15, 0.2) is 0 Å². The Morgan fingerprint density at radius 3 is 2.57 bits per heavy atom. The summed E-state index contributed by atoms with van der Waals surface area (Å²) < 4.78 is 0. The predicted molar refractivity (Wildman–Crippen MR) is 61.4 cm³/mol. The fraction of sp³-hybridized carbons (Fsp3) is 1.00. The van der Waals surface area contributed by atoms with Crippen molar-refractivity contribution in [2.24, 2.45) is 5.73 Å². The number of hydrogen-bond donors (Lipinski definition) is 2. The summed E-state index contributed by atoms with van der Waals surface area (Å²) >= 11 is 0. The van der Waals surface area contributed by atoms with Crippen LogP contribution in [0.1, 0.15) is 33.1 Å². The molecule has 14 heavy (non-hydrogen) atoms. The Balaban J connectivity index is 2.27. The van der Waals surface area contributed by atoms with Crippen LogP contribution in [0.3, 0.4) is 0 Å². The van der Waals surface area contributed by atoms with Gasteiger partial charge in [0.05, 0.1) is 0 Å². The summed E-state index contributed by atoms with van der Waals surface area (Å²) in [5.41, 5.74) is 6.38. The predicted octanol–water partition coefficient (Wildman–Crippen LogP) is 0.799. The summed E-state index contributed by atoms with van der Waals surface area (Å²) in [6, 6.07) is 0. The summed E-state index contributed by atoms with van der Waals surface area (Å²) in [5.74, 6) is 0. The summed E-state index contributed by atoms with van der Waals surface area (Å²) in [6.07, 6.45) is 3.54. The first-order valence-electron chi connectivity index (χ1n) is 5.92. The molecule has 0 spiro atoms. The van der Waals surface area contributed by atoms with Crippen molar-refractivity contribution in [3.05, 3.63) is 0 Å². The largest absolute Gasteiger partial charge is 0.324 e. The van der Waals surface area contributed by atoms with E-state index in [9.17, 15) is 0 Å². The van der Waals surface area contributed by atoms with Crippen LogP contribution in [0.5, 0.6) is 0 Å². The summed E-state index contributed by atoms with van der Waals surface area (Å²) in [6.45, 7) is 9.99. The van der Waals surface area contributed by atoms with Crippen LogP contribution in [-0.2, 0) is 0 Å². The molecular weight excluding hydrogens is 174 g/mol. The molecule has 0 aromatic heterocycles. The second-order valence-electron chi connectivity index (χ2n) is 4.42. The van der Waals surface area contributed by atoms with Crippen LogP contribution < -0.4 is 11.1 Å². The van der Waals surface area contributed by atoms with Crippen LogP contribution in [0.4, 0.5) is 0 Å². The number of hydrogen-bond acceptors (Lipinski definition) is 3. The highest BCUT2D eigenvalue weighted by Crippen LogP contribution is 2.17. The van der Waals surface area contributed by atoms with Crippen molar-refractivity contribution in [1.29, 1.82) is 0 Å². The summed E-state index contributed by atoms with van der Waals surface area (Å²) in [7, 11) is 0. The zero-order valence-corrected chi connectivity index (χ0v) is 9.68. The molecule has 1 heterocycles. The standard InChI is InChI=1S/C11H25N3/c1-3-14(4-2)9-7-11(12)6-5-8-13-10-11/h13H,3-10,12H2,1-2H3. The van der Waals surface area contributed by atoms with Crippen molar-refractivity contribution in [2.45, 2.75) is 38.6 Å². The molecule has 3 heteroatoms. The van der Waals surface area contributed by atoms with E-state index in [0.29, 0.717) is 0 Å². The van der Waals surface area contributed by atoms with Crippen molar-refractivity contribution in [1.82, 2.24) is 10.2 Å². The molecule has 0 saturated carbocycles. The lowest BCUT2D eigenvalue weighted by Gasteiger charge is -2.35. The first kappa shape index (κ1) is 12.0. The van der Waals surface area contributed by atoms with Gasteiger partial charge in [-0.3, -0.25) is 0 Å². The Kier molecular flexibility index (Phi) is 4.85. The van der Waals surface area contributed by atoms with Gasteiger partial charge in [-0.05, 0) is 45.4 Å². The van der Waals surface area contributed by atoms with Gasteiger partial charge in [0, 0.05) is 12.1 Å². The van der Waals surface area contributed by atoms with E-state index in [0.717, 1.165) is 39.1 Å². The molecule has 1 unspecified atom stereocenters. The molecule has 1 aliphatic heterocycles. The Labute approximate surface area is 88.0 Å². The quantitative estimate of drug-likeness (QED) is 0.688. The second-order valence-corrected chi connectivity index (χ2v) is 4.42. The monoisotopic (exact) mass is 199 g/mol. The van der Waals surface area contributed by atoms with Gasteiger partial charge >= 0.3 is 0 Å². The highest BCUT2D eigenvalue weighted by Gasteiger charge is 2.27. The summed E-state index contributed by atoms with van der Waals surface area (Å²) in [5, 5.41) is 3.39. The van der Waals surface area contributed by atoms with Crippen molar-refractivity contribution < 1.29 is 0 Å². The zero-order chi connectivity index (χ0) is 10.4. The molecule has 1 aliphatic rings. The van der Waals surface area contributed by atoms with Gasteiger partial charge < -0.3 is 16.0 Å². The van der Waals surface area contributed by atoms with E-state index in [2.05, 4.69) is 24.1 Å². The molecule has 1 fully saturated rings. The van der Waals surface area contributed by atoms with Gasteiger partial charge in [-0.25, -0.2) is 0 Å².